The topological polar surface area (TPSA) is 35.5 Å². The summed E-state index contributed by atoms with van der Waals surface area (Å²) in [5.41, 5.74) is -0.350. The van der Waals surface area contributed by atoms with E-state index in [1.165, 1.54) is 0 Å². The Hall–Kier alpha value is -0.570. The second-order valence-electron chi connectivity index (χ2n) is 5.38. The number of hydrogen-bond acceptors (Lipinski definition) is 3. The van der Waals surface area contributed by atoms with E-state index in [0.29, 0.717) is 13.0 Å². The van der Waals surface area contributed by atoms with Crippen molar-refractivity contribution in [2.24, 2.45) is 5.92 Å². The molecule has 0 aromatic rings. The molecule has 88 valence electrons. The first-order chi connectivity index (χ1) is 6.77. The number of esters is 1. The first-order valence-corrected chi connectivity index (χ1v) is 5.62. The molecule has 1 saturated heterocycles. The van der Waals surface area contributed by atoms with Crippen LogP contribution in [0, 0.1) is 5.92 Å². The van der Waals surface area contributed by atoms with E-state index in [9.17, 15) is 4.79 Å². The monoisotopic (exact) mass is 214 g/mol. The Morgan fingerprint density at radius 1 is 1.40 bits per heavy atom. The third-order valence-electron chi connectivity index (χ3n) is 2.98. The largest absolute Gasteiger partial charge is 0.466 e. The van der Waals surface area contributed by atoms with E-state index in [0.717, 1.165) is 6.42 Å². The molecule has 0 N–H and O–H groups in total. The lowest BCUT2D eigenvalue weighted by Gasteiger charge is -2.26. The summed E-state index contributed by atoms with van der Waals surface area (Å²) in [6, 6.07) is 0. The molecule has 1 atom stereocenters. The van der Waals surface area contributed by atoms with Gasteiger partial charge in [0, 0.05) is 5.92 Å². The Morgan fingerprint density at radius 2 is 2.00 bits per heavy atom. The Labute approximate surface area is 92.1 Å². The number of carbonyl (C=O) groups is 1. The average Bonchev–Trinajstić information content (AvgIpc) is 2.19. The van der Waals surface area contributed by atoms with Gasteiger partial charge in [-0.2, -0.15) is 0 Å². The van der Waals surface area contributed by atoms with E-state index in [1.807, 2.05) is 20.8 Å². The highest BCUT2D eigenvalue weighted by Gasteiger charge is 2.46. The van der Waals surface area contributed by atoms with E-state index in [4.69, 9.17) is 9.47 Å². The molecule has 1 heterocycles. The highest BCUT2D eigenvalue weighted by Crippen LogP contribution is 2.43. The zero-order valence-electron chi connectivity index (χ0n) is 10.4. The molecular weight excluding hydrogens is 192 g/mol. The van der Waals surface area contributed by atoms with Crippen molar-refractivity contribution in [2.45, 2.75) is 58.7 Å². The minimum Gasteiger partial charge on any atom is -0.466 e. The van der Waals surface area contributed by atoms with Crippen LogP contribution in [0.25, 0.3) is 0 Å². The fourth-order valence-electron chi connectivity index (χ4n) is 2.42. The smallest absolute Gasteiger partial charge is 0.306 e. The molecule has 1 fully saturated rings. The van der Waals surface area contributed by atoms with Gasteiger partial charge in [-0.1, -0.05) is 0 Å². The first kappa shape index (κ1) is 12.5. The minimum absolute atomic E-state index is 0.114. The molecule has 0 saturated carbocycles. The normalized spacial score (nSPS) is 27.7. The van der Waals surface area contributed by atoms with E-state index < -0.39 is 0 Å². The van der Waals surface area contributed by atoms with Crippen LogP contribution in [0.4, 0.5) is 0 Å². The van der Waals surface area contributed by atoms with Crippen LogP contribution in [0.2, 0.25) is 0 Å². The van der Waals surface area contributed by atoms with Crippen molar-refractivity contribution in [1.82, 2.24) is 0 Å². The first-order valence-electron chi connectivity index (χ1n) is 5.62. The summed E-state index contributed by atoms with van der Waals surface area (Å²) in [5.74, 6) is 0.142. The van der Waals surface area contributed by atoms with Crippen LogP contribution in [0.5, 0.6) is 0 Å². The summed E-state index contributed by atoms with van der Waals surface area (Å²) in [6.07, 6.45) is 1.38. The van der Waals surface area contributed by atoms with Gasteiger partial charge in [-0.3, -0.25) is 4.79 Å². The quantitative estimate of drug-likeness (QED) is 0.677. The van der Waals surface area contributed by atoms with Crippen LogP contribution < -0.4 is 0 Å². The van der Waals surface area contributed by atoms with Crippen LogP contribution in [-0.2, 0) is 14.3 Å². The highest BCUT2D eigenvalue weighted by atomic mass is 16.5. The summed E-state index contributed by atoms with van der Waals surface area (Å²) in [6.45, 7) is 10.5. The van der Waals surface area contributed by atoms with Gasteiger partial charge in [0.15, 0.2) is 0 Å². The van der Waals surface area contributed by atoms with Crippen LogP contribution in [0.1, 0.15) is 47.5 Å². The molecule has 0 aromatic heterocycles. The van der Waals surface area contributed by atoms with Gasteiger partial charge in [0.25, 0.3) is 0 Å². The maximum absolute atomic E-state index is 11.4. The van der Waals surface area contributed by atoms with Crippen LogP contribution in [0.15, 0.2) is 0 Å². The fourth-order valence-corrected chi connectivity index (χ4v) is 2.42. The highest BCUT2D eigenvalue weighted by molar-refractivity contribution is 5.69. The van der Waals surface area contributed by atoms with E-state index in [2.05, 4.69) is 13.8 Å². The lowest BCUT2D eigenvalue weighted by Crippen LogP contribution is -2.30. The molecule has 1 rings (SSSR count). The Bertz CT molecular complexity index is 243. The molecule has 0 spiro atoms. The molecule has 0 aromatic carbocycles. The molecule has 1 aliphatic heterocycles. The second-order valence-corrected chi connectivity index (χ2v) is 5.38. The van der Waals surface area contributed by atoms with Gasteiger partial charge >= 0.3 is 5.97 Å². The molecule has 0 aliphatic carbocycles. The van der Waals surface area contributed by atoms with Gasteiger partial charge in [0.05, 0.1) is 24.2 Å². The Morgan fingerprint density at radius 3 is 2.40 bits per heavy atom. The molecule has 0 unspecified atom stereocenters. The summed E-state index contributed by atoms with van der Waals surface area (Å²) >= 11 is 0. The van der Waals surface area contributed by atoms with Crippen molar-refractivity contribution in [3.05, 3.63) is 0 Å². The maximum Gasteiger partial charge on any atom is 0.306 e. The standard InChI is InChI=1S/C12H22O3/c1-6-14-10(13)7-9-8-11(2,3)15-12(9,4)5/h9H,6-8H2,1-5H3/t9-/m1/s1. The van der Waals surface area contributed by atoms with Gasteiger partial charge in [-0.25, -0.2) is 0 Å². The predicted molar refractivity (Wildman–Crippen MR) is 58.6 cm³/mol. The zero-order valence-corrected chi connectivity index (χ0v) is 10.4. The summed E-state index contributed by atoms with van der Waals surface area (Å²) in [7, 11) is 0. The molecule has 3 heteroatoms. The fraction of sp³-hybridized carbons (Fsp3) is 0.917. The lowest BCUT2D eigenvalue weighted by atomic mass is 9.85. The van der Waals surface area contributed by atoms with E-state index >= 15 is 0 Å². The summed E-state index contributed by atoms with van der Waals surface area (Å²) in [4.78, 5) is 11.4. The van der Waals surface area contributed by atoms with Gasteiger partial charge in [0.1, 0.15) is 0 Å². The Kier molecular flexibility index (Phi) is 3.44. The second kappa shape index (κ2) is 4.12. The number of carbonyl (C=O) groups excluding carboxylic acids is 1. The van der Waals surface area contributed by atoms with Crippen molar-refractivity contribution in [3.8, 4) is 0 Å². The van der Waals surface area contributed by atoms with Crippen molar-refractivity contribution < 1.29 is 14.3 Å². The van der Waals surface area contributed by atoms with Crippen LogP contribution in [0.3, 0.4) is 0 Å². The van der Waals surface area contributed by atoms with E-state index in [-0.39, 0.29) is 23.1 Å². The average molecular weight is 214 g/mol. The Balaban J connectivity index is 2.59. The molecule has 0 radical (unpaired) electrons. The van der Waals surface area contributed by atoms with Crippen molar-refractivity contribution in [1.29, 1.82) is 0 Å². The summed E-state index contributed by atoms with van der Waals surface area (Å²) < 4.78 is 10.9. The van der Waals surface area contributed by atoms with Crippen molar-refractivity contribution in [2.75, 3.05) is 6.61 Å². The third-order valence-corrected chi connectivity index (χ3v) is 2.98. The number of hydrogen-bond donors (Lipinski definition) is 0. The summed E-state index contributed by atoms with van der Waals surface area (Å²) in [5, 5.41) is 0. The minimum atomic E-state index is -0.226. The lowest BCUT2D eigenvalue weighted by molar-refractivity contribution is -0.146. The molecule has 1 aliphatic rings. The number of ether oxygens (including phenoxy) is 2. The van der Waals surface area contributed by atoms with Crippen molar-refractivity contribution in [3.63, 3.8) is 0 Å². The van der Waals surface area contributed by atoms with Gasteiger partial charge < -0.3 is 9.47 Å². The van der Waals surface area contributed by atoms with Gasteiger partial charge in [-0.05, 0) is 41.0 Å². The molecule has 15 heavy (non-hydrogen) atoms. The predicted octanol–water partition coefficient (Wildman–Crippen LogP) is 2.53. The van der Waals surface area contributed by atoms with Gasteiger partial charge in [0.2, 0.25) is 0 Å². The van der Waals surface area contributed by atoms with Crippen LogP contribution in [-0.4, -0.2) is 23.8 Å². The number of rotatable bonds is 3. The molecule has 3 nitrogen and oxygen atoms in total. The molecule has 0 amide bonds. The SMILES string of the molecule is CCOC(=O)C[C@@H]1CC(C)(C)OC1(C)C. The van der Waals surface area contributed by atoms with Gasteiger partial charge in [-0.15, -0.1) is 0 Å². The third kappa shape index (κ3) is 3.20. The zero-order chi connectivity index (χ0) is 11.7. The molecular formula is C12H22O3. The maximum atomic E-state index is 11.4. The van der Waals surface area contributed by atoms with Crippen LogP contribution >= 0.6 is 0 Å². The van der Waals surface area contributed by atoms with Crippen molar-refractivity contribution >= 4 is 5.97 Å². The van der Waals surface area contributed by atoms with E-state index in [1.54, 1.807) is 0 Å². The molecule has 0 bridgehead atoms.